The highest BCUT2D eigenvalue weighted by molar-refractivity contribution is 6.14. The lowest BCUT2D eigenvalue weighted by Crippen LogP contribution is -2.22. The second-order valence-electron chi connectivity index (χ2n) is 8.17. The average Bonchev–Trinajstić information content (AvgIpc) is 2.86. The van der Waals surface area contributed by atoms with Gasteiger partial charge in [-0.2, -0.15) is 0 Å². The first-order valence-corrected chi connectivity index (χ1v) is 11.2. The summed E-state index contributed by atoms with van der Waals surface area (Å²) in [6.45, 7) is 4.55. The second-order valence-corrected chi connectivity index (χ2v) is 8.17. The monoisotopic (exact) mass is 459 g/mol. The van der Waals surface area contributed by atoms with Crippen LogP contribution in [0.3, 0.4) is 0 Å². The summed E-state index contributed by atoms with van der Waals surface area (Å²) in [4.78, 5) is 15.3. The maximum absolute atomic E-state index is 13.1. The van der Waals surface area contributed by atoms with Crippen LogP contribution >= 0.6 is 0 Å². The van der Waals surface area contributed by atoms with Crippen molar-refractivity contribution in [2.24, 2.45) is 0 Å². The van der Waals surface area contributed by atoms with Crippen LogP contribution in [-0.4, -0.2) is 43.2 Å². The third kappa shape index (κ3) is 5.07. The van der Waals surface area contributed by atoms with Crippen LogP contribution in [0.4, 0.5) is 0 Å². The highest BCUT2D eigenvalue weighted by Crippen LogP contribution is 2.38. The molecule has 0 fully saturated rings. The molecule has 0 aromatic heterocycles. The summed E-state index contributed by atoms with van der Waals surface area (Å²) >= 11 is 0. The number of carbonyl (C=O) groups excluding carboxylic acids is 1. The molecular formula is C28H29NO5. The van der Waals surface area contributed by atoms with Crippen LogP contribution in [0.1, 0.15) is 34.0 Å². The number of fused-ring (bicyclic) bond motifs is 1. The number of phenolic OH excluding ortho intramolecular Hbond substituents is 1. The number of ether oxygens (including phenoxy) is 3. The van der Waals surface area contributed by atoms with Gasteiger partial charge in [-0.25, -0.2) is 0 Å². The Bertz CT molecular complexity index is 1200. The van der Waals surface area contributed by atoms with Crippen LogP contribution in [-0.2, 0) is 13.1 Å². The van der Waals surface area contributed by atoms with E-state index in [-0.39, 0.29) is 18.1 Å². The van der Waals surface area contributed by atoms with Crippen molar-refractivity contribution >= 4 is 11.9 Å². The predicted molar refractivity (Wildman–Crippen MR) is 132 cm³/mol. The van der Waals surface area contributed by atoms with Gasteiger partial charge in [0.25, 0.3) is 0 Å². The van der Waals surface area contributed by atoms with Crippen LogP contribution in [0.5, 0.6) is 23.0 Å². The van der Waals surface area contributed by atoms with E-state index in [0.717, 1.165) is 24.2 Å². The zero-order valence-electron chi connectivity index (χ0n) is 19.7. The molecule has 0 aliphatic carbocycles. The first-order valence-electron chi connectivity index (χ1n) is 11.2. The summed E-state index contributed by atoms with van der Waals surface area (Å²) in [5.74, 6) is 1.52. The zero-order chi connectivity index (χ0) is 24.1. The lowest BCUT2D eigenvalue weighted by atomic mass is 9.97. The van der Waals surface area contributed by atoms with Crippen LogP contribution in [0.25, 0.3) is 6.08 Å². The Balaban J connectivity index is 1.52. The van der Waals surface area contributed by atoms with Gasteiger partial charge in [0.1, 0.15) is 18.1 Å². The summed E-state index contributed by atoms with van der Waals surface area (Å²) < 4.78 is 16.4. The molecule has 0 saturated heterocycles. The maximum atomic E-state index is 13.1. The van der Waals surface area contributed by atoms with E-state index in [1.165, 1.54) is 19.8 Å². The van der Waals surface area contributed by atoms with Crippen molar-refractivity contribution in [2.75, 3.05) is 27.4 Å². The fraction of sp³-hybridized carbons (Fsp3) is 0.250. The molecule has 0 radical (unpaired) electrons. The number of hydrogen-bond acceptors (Lipinski definition) is 6. The van der Waals surface area contributed by atoms with E-state index in [4.69, 9.17) is 14.2 Å². The van der Waals surface area contributed by atoms with E-state index >= 15 is 0 Å². The van der Waals surface area contributed by atoms with E-state index in [9.17, 15) is 9.90 Å². The highest BCUT2D eigenvalue weighted by atomic mass is 16.5. The predicted octanol–water partition coefficient (Wildman–Crippen LogP) is 5.09. The van der Waals surface area contributed by atoms with Crippen molar-refractivity contribution in [3.05, 3.63) is 88.5 Å². The molecule has 0 atom stereocenters. The van der Waals surface area contributed by atoms with Crippen molar-refractivity contribution in [3.63, 3.8) is 0 Å². The molecular weight excluding hydrogens is 430 g/mol. The van der Waals surface area contributed by atoms with Gasteiger partial charge < -0.3 is 19.3 Å². The summed E-state index contributed by atoms with van der Waals surface area (Å²) in [7, 11) is 3.07. The molecule has 4 rings (SSSR count). The molecule has 0 bridgehead atoms. The largest absolute Gasteiger partial charge is 0.508 e. The Morgan fingerprint density at radius 2 is 1.74 bits per heavy atom. The minimum absolute atomic E-state index is 0.134. The Labute approximate surface area is 200 Å². The maximum Gasteiger partial charge on any atom is 0.196 e. The fourth-order valence-electron chi connectivity index (χ4n) is 4.03. The lowest BCUT2D eigenvalue weighted by molar-refractivity contribution is 0.1000. The highest BCUT2D eigenvalue weighted by Gasteiger charge is 2.26. The number of rotatable bonds is 8. The Morgan fingerprint density at radius 3 is 2.41 bits per heavy atom. The number of nitrogens with zero attached hydrogens (tertiary/aromatic N) is 1. The molecule has 1 heterocycles. The van der Waals surface area contributed by atoms with E-state index in [2.05, 4.69) is 24.0 Å². The molecule has 34 heavy (non-hydrogen) atoms. The Morgan fingerprint density at radius 1 is 1.00 bits per heavy atom. The van der Waals surface area contributed by atoms with Gasteiger partial charge in [-0.1, -0.05) is 49.4 Å². The van der Waals surface area contributed by atoms with Crippen molar-refractivity contribution in [1.82, 2.24) is 4.90 Å². The molecule has 3 aromatic carbocycles. The second kappa shape index (κ2) is 10.4. The number of hydrogen-bond donors (Lipinski definition) is 1. The summed E-state index contributed by atoms with van der Waals surface area (Å²) in [5.41, 5.74) is 3.74. The van der Waals surface area contributed by atoms with Gasteiger partial charge >= 0.3 is 0 Å². The lowest BCUT2D eigenvalue weighted by Gasteiger charge is -2.22. The van der Waals surface area contributed by atoms with Crippen LogP contribution in [0.2, 0.25) is 0 Å². The molecule has 6 heteroatoms. The van der Waals surface area contributed by atoms with E-state index in [1.54, 1.807) is 24.3 Å². The van der Waals surface area contributed by atoms with Crippen molar-refractivity contribution in [2.45, 2.75) is 20.0 Å². The SMILES string of the molecule is CCN(Cc1ccccc1)Cc1ccc(/C=C2\COc3cc(OC)c(OC)cc3C2=O)cc1O. The van der Waals surface area contributed by atoms with Gasteiger partial charge in [0.05, 0.1) is 19.8 Å². The average molecular weight is 460 g/mol. The number of Topliss-reactive ketones (excluding diaryl/α,β-unsaturated/α-hetero) is 1. The normalized spacial score (nSPS) is 14.1. The van der Waals surface area contributed by atoms with Crippen molar-refractivity contribution in [1.29, 1.82) is 0 Å². The molecule has 1 aliphatic rings. The number of phenols is 1. The van der Waals surface area contributed by atoms with E-state index in [0.29, 0.717) is 34.9 Å². The quantitative estimate of drug-likeness (QED) is 0.473. The Kier molecular flexibility index (Phi) is 7.18. The van der Waals surface area contributed by atoms with Gasteiger partial charge in [-0.15, -0.1) is 0 Å². The number of carbonyl (C=O) groups is 1. The first-order chi connectivity index (χ1) is 16.5. The minimum Gasteiger partial charge on any atom is -0.508 e. The number of methoxy groups -OCH3 is 2. The summed E-state index contributed by atoms with van der Waals surface area (Å²) in [6.07, 6.45) is 1.76. The fourth-order valence-corrected chi connectivity index (χ4v) is 4.03. The summed E-state index contributed by atoms with van der Waals surface area (Å²) in [6, 6.07) is 19.1. The van der Waals surface area contributed by atoms with Crippen LogP contribution < -0.4 is 14.2 Å². The number of benzene rings is 3. The standard InChI is InChI=1S/C28H29NO5/c1-4-29(16-19-8-6-5-7-9-19)17-21-11-10-20(13-24(21)30)12-22-18-34-25-15-27(33-3)26(32-2)14-23(25)28(22)31/h5-15,30H,4,16-18H2,1-3H3/b22-12+. The van der Waals surface area contributed by atoms with Crippen LogP contribution in [0, 0.1) is 0 Å². The van der Waals surface area contributed by atoms with E-state index < -0.39 is 0 Å². The minimum atomic E-state index is -0.134. The first kappa shape index (κ1) is 23.4. The number of aromatic hydroxyl groups is 1. The smallest absolute Gasteiger partial charge is 0.196 e. The molecule has 1 aliphatic heterocycles. The molecule has 0 spiro atoms. The molecule has 6 nitrogen and oxygen atoms in total. The van der Waals surface area contributed by atoms with Crippen molar-refractivity contribution in [3.8, 4) is 23.0 Å². The zero-order valence-corrected chi connectivity index (χ0v) is 19.7. The van der Waals surface area contributed by atoms with Gasteiger partial charge in [-0.3, -0.25) is 9.69 Å². The molecule has 176 valence electrons. The molecule has 3 aromatic rings. The third-order valence-corrected chi connectivity index (χ3v) is 5.95. The van der Waals surface area contributed by atoms with Crippen molar-refractivity contribution < 1.29 is 24.1 Å². The molecule has 0 unspecified atom stereocenters. The molecule has 0 amide bonds. The molecule has 1 N–H and O–H groups in total. The van der Waals surface area contributed by atoms with Gasteiger partial charge in [0.2, 0.25) is 0 Å². The summed E-state index contributed by atoms with van der Waals surface area (Å²) in [5, 5.41) is 10.7. The number of ketones is 1. The third-order valence-electron chi connectivity index (χ3n) is 5.95. The van der Waals surface area contributed by atoms with Crippen LogP contribution in [0.15, 0.2) is 66.2 Å². The molecule has 0 saturated carbocycles. The Hall–Kier alpha value is -3.77. The van der Waals surface area contributed by atoms with E-state index in [1.807, 2.05) is 30.3 Å². The topological polar surface area (TPSA) is 68.2 Å². The van der Waals surface area contributed by atoms with Gasteiger partial charge in [0.15, 0.2) is 17.3 Å². The van der Waals surface area contributed by atoms with Gasteiger partial charge in [-0.05, 0) is 35.9 Å². The van der Waals surface area contributed by atoms with Gasteiger partial charge in [0, 0.05) is 30.3 Å².